The van der Waals surface area contributed by atoms with Crippen molar-refractivity contribution in [2.24, 2.45) is 0 Å². The van der Waals surface area contributed by atoms with E-state index in [-0.39, 0.29) is 23.7 Å². The highest BCUT2D eigenvalue weighted by atomic mass is 35.5. The lowest BCUT2D eigenvalue weighted by Crippen LogP contribution is -2.33. The van der Waals surface area contributed by atoms with Crippen LogP contribution in [0.1, 0.15) is 25.8 Å². The minimum absolute atomic E-state index is 0.0184. The second kappa shape index (κ2) is 7.79. The molecule has 2 amide bonds. The maximum absolute atomic E-state index is 11.8. The van der Waals surface area contributed by atoms with Gasteiger partial charge in [0.2, 0.25) is 11.8 Å². The standard InChI is InChI=1S/C14H19ClN2O2/c1-3-10(2)16-13(18)8-11-5-4-6-12(7-11)17-14(19)9-15/h4-7,10H,3,8-9H2,1-2H3,(H,16,18)(H,17,19). The molecule has 1 atom stereocenters. The number of anilines is 1. The highest BCUT2D eigenvalue weighted by molar-refractivity contribution is 6.29. The van der Waals surface area contributed by atoms with Gasteiger partial charge in [0, 0.05) is 11.7 Å². The van der Waals surface area contributed by atoms with Crippen molar-refractivity contribution in [1.82, 2.24) is 5.32 Å². The summed E-state index contributed by atoms with van der Waals surface area (Å²) in [7, 11) is 0. The van der Waals surface area contributed by atoms with Gasteiger partial charge in [-0.25, -0.2) is 0 Å². The van der Waals surface area contributed by atoms with Crippen molar-refractivity contribution in [3.63, 3.8) is 0 Å². The monoisotopic (exact) mass is 282 g/mol. The molecule has 1 aromatic rings. The average molecular weight is 283 g/mol. The molecular weight excluding hydrogens is 264 g/mol. The van der Waals surface area contributed by atoms with Crippen molar-refractivity contribution in [3.05, 3.63) is 29.8 Å². The van der Waals surface area contributed by atoms with Crippen LogP contribution in [0.3, 0.4) is 0 Å². The number of rotatable bonds is 6. The fraction of sp³-hybridized carbons (Fsp3) is 0.429. The number of benzene rings is 1. The first-order valence-electron chi connectivity index (χ1n) is 6.29. The van der Waals surface area contributed by atoms with Crippen molar-refractivity contribution in [2.75, 3.05) is 11.2 Å². The topological polar surface area (TPSA) is 58.2 Å². The van der Waals surface area contributed by atoms with Crippen LogP contribution in [0.25, 0.3) is 0 Å². The number of carbonyl (C=O) groups is 2. The molecule has 2 N–H and O–H groups in total. The zero-order valence-electron chi connectivity index (χ0n) is 11.2. The summed E-state index contributed by atoms with van der Waals surface area (Å²) in [6.45, 7) is 3.99. The van der Waals surface area contributed by atoms with E-state index < -0.39 is 0 Å². The molecule has 0 heterocycles. The van der Waals surface area contributed by atoms with Crippen LogP contribution < -0.4 is 10.6 Å². The van der Waals surface area contributed by atoms with Gasteiger partial charge in [0.05, 0.1) is 6.42 Å². The fourth-order valence-corrected chi connectivity index (χ4v) is 1.63. The minimum atomic E-state index is -0.261. The van der Waals surface area contributed by atoms with E-state index in [0.717, 1.165) is 12.0 Å². The van der Waals surface area contributed by atoms with Crippen LogP contribution in [-0.2, 0) is 16.0 Å². The van der Waals surface area contributed by atoms with Gasteiger partial charge in [-0.1, -0.05) is 19.1 Å². The lowest BCUT2D eigenvalue weighted by Gasteiger charge is -2.11. The van der Waals surface area contributed by atoms with Gasteiger partial charge in [-0.3, -0.25) is 9.59 Å². The third-order valence-corrected chi connectivity index (χ3v) is 2.96. The molecular formula is C14H19ClN2O2. The zero-order chi connectivity index (χ0) is 14.3. The summed E-state index contributed by atoms with van der Waals surface area (Å²) < 4.78 is 0. The number of hydrogen-bond acceptors (Lipinski definition) is 2. The summed E-state index contributed by atoms with van der Waals surface area (Å²) in [5.41, 5.74) is 1.51. The Morgan fingerprint density at radius 1 is 1.32 bits per heavy atom. The number of carbonyl (C=O) groups excluding carboxylic acids is 2. The molecule has 0 saturated heterocycles. The quantitative estimate of drug-likeness (QED) is 0.787. The minimum Gasteiger partial charge on any atom is -0.353 e. The summed E-state index contributed by atoms with van der Waals surface area (Å²) in [5.74, 6) is -0.364. The zero-order valence-corrected chi connectivity index (χ0v) is 12.0. The molecule has 1 rings (SSSR count). The molecule has 0 aromatic heterocycles. The number of hydrogen-bond donors (Lipinski definition) is 2. The first kappa shape index (κ1) is 15.5. The Balaban J connectivity index is 2.61. The smallest absolute Gasteiger partial charge is 0.239 e. The van der Waals surface area contributed by atoms with Crippen LogP contribution in [-0.4, -0.2) is 23.7 Å². The lowest BCUT2D eigenvalue weighted by atomic mass is 10.1. The molecule has 0 aliphatic heterocycles. The number of nitrogens with one attached hydrogen (secondary N) is 2. The van der Waals surface area contributed by atoms with Crippen molar-refractivity contribution in [3.8, 4) is 0 Å². The van der Waals surface area contributed by atoms with E-state index in [1.54, 1.807) is 18.2 Å². The molecule has 0 saturated carbocycles. The van der Waals surface area contributed by atoms with E-state index in [1.807, 2.05) is 19.9 Å². The van der Waals surface area contributed by atoms with Crippen molar-refractivity contribution >= 4 is 29.1 Å². The summed E-state index contributed by atoms with van der Waals surface area (Å²) in [5, 5.41) is 5.56. The predicted octanol–water partition coefficient (Wildman–Crippen LogP) is 2.32. The Labute approximate surface area is 118 Å². The normalized spacial score (nSPS) is 11.7. The SMILES string of the molecule is CCC(C)NC(=O)Cc1cccc(NC(=O)CCl)c1. The molecule has 0 fully saturated rings. The number of alkyl halides is 1. The summed E-state index contributed by atoms with van der Waals surface area (Å²) in [6.07, 6.45) is 1.20. The molecule has 104 valence electrons. The molecule has 19 heavy (non-hydrogen) atoms. The van der Waals surface area contributed by atoms with E-state index in [1.165, 1.54) is 0 Å². The maximum atomic E-state index is 11.8. The van der Waals surface area contributed by atoms with Gasteiger partial charge < -0.3 is 10.6 Å². The predicted molar refractivity (Wildman–Crippen MR) is 77.4 cm³/mol. The Morgan fingerprint density at radius 2 is 2.05 bits per heavy atom. The van der Waals surface area contributed by atoms with Crippen molar-refractivity contribution < 1.29 is 9.59 Å². The second-order valence-corrected chi connectivity index (χ2v) is 4.70. The Morgan fingerprint density at radius 3 is 2.68 bits per heavy atom. The Hall–Kier alpha value is -1.55. The molecule has 0 aliphatic rings. The van der Waals surface area contributed by atoms with Crippen LogP contribution in [0, 0.1) is 0 Å². The number of amides is 2. The summed E-state index contributed by atoms with van der Waals surface area (Å²) >= 11 is 5.42. The first-order chi connectivity index (χ1) is 9.05. The third-order valence-electron chi connectivity index (χ3n) is 2.72. The van der Waals surface area contributed by atoms with Crippen LogP contribution in [0.4, 0.5) is 5.69 Å². The lowest BCUT2D eigenvalue weighted by molar-refractivity contribution is -0.121. The third kappa shape index (κ3) is 5.75. The molecule has 1 aromatic carbocycles. The van der Waals surface area contributed by atoms with Gasteiger partial charge in [-0.2, -0.15) is 0 Å². The summed E-state index contributed by atoms with van der Waals surface area (Å²) in [6, 6.07) is 7.37. The molecule has 0 bridgehead atoms. The Bertz CT molecular complexity index is 449. The molecule has 0 spiro atoms. The van der Waals surface area contributed by atoms with Gasteiger partial charge in [0.15, 0.2) is 0 Å². The molecule has 4 nitrogen and oxygen atoms in total. The fourth-order valence-electron chi connectivity index (χ4n) is 1.57. The van der Waals surface area contributed by atoms with Crippen molar-refractivity contribution in [1.29, 1.82) is 0 Å². The molecule has 1 unspecified atom stereocenters. The summed E-state index contributed by atoms with van der Waals surface area (Å²) in [4.78, 5) is 22.9. The van der Waals surface area contributed by atoms with Gasteiger partial charge in [-0.05, 0) is 31.0 Å². The average Bonchev–Trinajstić information content (AvgIpc) is 2.38. The highest BCUT2D eigenvalue weighted by Crippen LogP contribution is 2.11. The molecule has 5 heteroatoms. The largest absolute Gasteiger partial charge is 0.353 e. The Kier molecular flexibility index (Phi) is 6.36. The molecule has 0 aliphatic carbocycles. The maximum Gasteiger partial charge on any atom is 0.239 e. The van der Waals surface area contributed by atoms with Crippen molar-refractivity contribution in [2.45, 2.75) is 32.7 Å². The van der Waals surface area contributed by atoms with Crippen LogP contribution in [0.5, 0.6) is 0 Å². The van der Waals surface area contributed by atoms with Gasteiger partial charge in [0.25, 0.3) is 0 Å². The van der Waals surface area contributed by atoms with Gasteiger partial charge in [-0.15, -0.1) is 11.6 Å². The molecule has 0 radical (unpaired) electrons. The van der Waals surface area contributed by atoms with E-state index in [4.69, 9.17) is 11.6 Å². The van der Waals surface area contributed by atoms with Crippen LogP contribution in [0.2, 0.25) is 0 Å². The number of halogens is 1. The van der Waals surface area contributed by atoms with Gasteiger partial charge in [0.1, 0.15) is 5.88 Å². The van der Waals surface area contributed by atoms with Gasteiger partial charge >= 0.3 is 0 Å². The first-order valence-corrected chi connectivity index (χ1v) is 6.82. The highest BCUT2D eigenvalue weighted by Gasteiger charge is 2.07. The van der Waals surface area contributed by atoms with E-state index in [9.17, 15) is 9.59 Å². The van der Waals surface area contributed by atoms with E-state index >= 15 is 0 Å². The van der Waals surface area contributed by atoms with E-state index in [0.29, 0.717) is 12.1 Å². The van der Waals surface area contributed by atoms with Crippen LogP contribution >= 0.6 is 11.6 Å². The van der Waals surface area contributed by atoms with Crippen LogP contribution in [0.15, 0.2) is 24.3 Å². The second-order valence-electron chi connectivity index (χ2n) is 4.44. The van der Waals surface area contributed by atoms with E-state index in [2.05, 4.69) is 10.6 Å².